The molecule has 2 N–H and O–H groups in total. The highest BCUT2D eigenvalue weighted by atomic mass is 79.9. The minimum Gasteiger partial charge on any atom is -0.374 e. The predicted octanol–water partition coefficient (Wildman–Crippen LogP) is 3.66. The lowest BCUT2D eigenvalue weighted by atomic mass is 9.89. The average molecular weight is 318 g/mol. The summed E-state index contributed by atoms with van der Waals surface area (Å²) < 4.78 is 20.3. The first kappa shape index (κ1) is 15.6. The van der Waals surface area contributed by atoms with Crippen molar-refractivity contribution in [3.63, 3.8) is 0 Å². The molecule has 1 aromatic rings. The van der Waals surface area contributed by atoms with Gasteiger partial charge >= 0.3 is 0 Å². The van der Waals surface area contributed by atoms with Gasteiger partial charge in [-0.3, -0.25) is 0 Å². The summed E-state index contributed by atoms with van der Waals surface area (Å²) in [6.45, 7) is 6.57. The Kier molecular flexibility index (Phi) is 5.76. The van der Waals surface area contributed by atoms with E-state index in [0.29, 0.717) is 18.6 Å². The third-order valence-electron chi connectivity index (χ3n) is 3.41. The maximum Gasteiger partial charge on any atom is 0.126 e. The highest BCUT2D eigenvalue weighted by molar-refractivity contribution is 9.10. The van der Waals surface area contributed by atoms with Crippen molar-refractivity contribution in [3.05, 3.63) is 34.1 Å². The van der Waals surface area contributed by atoms with Gasteiger partial charge in [0, 0.05) is 17.1 Å². The Morgan fingerprint density at radius 1 is 1.44 bits per heavy atom. The Labute approximate surface area is 117 Å². The quantitative estimate of drug-likeness (QED) is 0.869. The van der Waals surface area contributed by atoms with Crippen LogP contribution in [0, 0.1) is 5.82 Å². The second-order valence-corrected chi connectivity index (χ2v) is 5.56. The Morgan fingerprint density at radius 2 is 2.11 bits per heavy atom. The summed E-state index contributed by atoms with van der Waals surface area (Å²) in [5, 5.41) is 0. The molecule has 18 heavy (non-hydrogen) atoms. The van der Waals surface area contributed by atoms with Crippen LogP contribution >= 0.6 is 15.9 Å². The minimum absolute atomic E-state index is 0.219. The fourth-order valence-corrected chi connectivity index (χ4v) is 2.36. The van der Waals surface area contributed by atoms with Gasteiger partial charge in [-0.2, -0.15) is 0 Å². The molecule has 0 fully saturated rings. The van der Waals surface area contributed by atoms with E-state index in [-0.39, 0.29) is 11.9 Å². The molecule has 0 saturated heterocycles. The molecule has 1 aromatic carbocycles. The molecule has 2 unspecified atom stereocenters. The van der Waals surface area contributed by atoms with E-state index < -0.39 is 5.60 Å². The van der Waals surface area contributed by atoms with Gasteiger partial charge in [-0.25, -0.2) is 4.39 Å². The molecule has 0 saturated carbocycles. The van der Waals surface area contributed by atoms with Crippen LogP contribution in [0.5, 0.6) is 0 Å². The molecule has 4 heteroatoms. The number of ether oxygens (including phenoxy) is 1. The van der Waals surface area contributed by atoms with Crippen molar-refractivity contribution in [3.8, 4) is 0 Å². The molecule has 0 aliphatic heterocycles. The smallest absolute Gasteiger partial charge is 0.126 e. The van der Waals surface area contributed by atoms with Crippen LogP contribution < -0.4 is 5.73 Å². The summed E-state index contributed by atoms with van der Waals surface area (Å²) in [6.07, 6.45) is 1.27. The summed E-state index contributed by atoms with van der Waals surface area (Å²) in [5.41, 5.74) is 6.40. The topological polar surface area (TPSA) is 35.2 Å². The Morgan fingerprint density at radius 3 is 2.67 bits per heavy atom. The SMILES string of the molecule is CCOC(C)(CC)C(N)Cc1cc(Br)ccc1F. The molecule has 2 nitrogen and oxygen atoms in total. The van der Waals surface area contributed by atoms with Crippen molar-refractivity contribution in [2.24, 2.45) is 5.73 Å². The first-order valence-electron chi connectivity index (χ1n) is 6.26. The van der Waals surface area contributed by atoms with Gasteiger partial charge in [-0.05, 0) is 50.5 Å². The van der Waals surface area contributed by atoms with E-state index in [0.717, 1.165) is 10.9 Å². The van der Waals surface area contributed by atoms with E-state index >= 15 is 0 Å². The van der Waals surface area contributed by atoms with Gasteiger partial charge in [-0.15, -0.1) is 0 Å². The van der Waals surface area contributed by atoms with Gasteiger partial charge in [-0.1, -0.05) is 22.9 Å². The monoisotopic (exact) mass is 317 g/mol. The molecule has 1 rings (SSSR count). The van der Waals surface area contributed by atoms with Crippen molar-refractivity contribution >= 4 is 15.9 Å². The molecule has 102 valence electrons. The van der Waals surface area contributed by atoms with Crippen LogP contribution in [0.25, 0.3) is 0 Å². The number of halogens is 2. The van der Waals surface area contributed by atoms with Gasteiger partial charge < -0.3 is 10.5 Å². The van der Waals surface area contributed by atoms with Crippen LogP contribution in [0.15, 0.2) is 22.7 Å². The summed E-state index contributed by atoms with van der Waals surface area (Å²) in [6, 6.07) is 4.69. The zero-order chi connectivity index (χ0) is 13.8. The molecule has 0 amide bonds. The van der Waals surface area contributed by atoms with Crippen molar-refractivity contribution in [1.82, 2.24) is 0 Å². The third kappa shape index (κ3) is 3.77. The van der Waals surface area contributed by atoms with E-state index in [9.17, 15) is 4.39 Å². The summed E-state index contributed by atoms with van der Waals surface area (Å²) >= 11 is 3.35. The molecule has 0 radical (unpaired) electrons. The van der Waals surface area contributed by atoms with E-state index in [4.69, 9.17) is 10.5 Å². The number of nitrogens with two attached hydrogens (primary N) is 1. The van der Waals surface area contributed by atoms with Crippen LogP contribution in [0.3, 0.4) is 0 Å². The fourth-order valence-electron chi connectivity index (χ4n) is 1.95. The molecule has 0 heterocycles. The van der Waals surface area contributed by atoms with Crippen molar-refractivity contribution in [2.45, 2.75) is 45.3 Å². The summed E-state index contributed by atoms with van der Waals surface area (Å²) in [7, 11) is 0. The second-order valence-electron chi connectivity index (χ2n) is 4.65. The summed E-state index contributed by atoms with van der Waals surface area (Å²) in [5.74, 6) is -0.219. The van der Waals surface area contributed by atoms with Gasteiger partial charge in [0.05, 0.1) is 5.60 Å². The molecule has 0 spiro atoms. The molecular weight excluding hydrogens is 297 g/mol. The number of hydrogen-bond donors (Lipinski definition) is 1. The largest absolute Gasteiger partial charge is 0.374 e. The molecule has 0 aliphatic rings. The van der Waals surface area contributed by atoms with Gasteiger partial charge in [0.1, 0.15) is 5.82 Å². The van der Waals surface area contributed by atoms with Gasteiger partial charge in [0.15, 0.2) is 0 Å². The predicted molar refractivity (Wildman–Crippen MR) is 76.1 cm³/mol. The van der Waals surface area contributed by atoms with Gasteiger partial charge in [0.25, 0.3) is 0 Å². The fraction of sp³-hybridized carbons (Fsp3) is 0.571. The Bertz CT molecular complexity index is 399. The van der Waals surface area contributed by atoms with E-state index in [2.05, 4.69) is 15.9 Å². The maximum atomic E-state index is 13.7. The molecule has 2 atom stereocenters. The Hall–Kier alpha value is -0.450. The average Bonchev–Trinajstić information content (AvgIpc) is 2.34. The lowest BCUT2D eigenvalue weighted by Gasteiger charge is -2.34. The number of rotatable bonds is 6. The molecule has 0 aliphatic carbocycles. The first-order chi connectivity index (χ1) is 8.42. The standard InChI is InChI=1S/C14H21BrFNO/c1-4-14(3,18-5-2)13(17)9-10-8-11(15)6-7-12(10)16/h6-8,13H,4-5,9,17H2,1-3H3. The van der Waals surface area contributed by atoms with E-state index in [1.807, 2.05) is 20.8 Å². The van der Waals surface area contributed by atoms with Crippen LogP contribution in [0.2, 0.25) is 0 Å². The second kappa shape index (κ2) is 6.64. The van der Waals surface area contributed by atoms with Crippen molar-refractivity contribution < 1.29 is 9.13 Å². The van der Waals surface area contributed by atoms with Gasteiger partial charge in [0.2, 0.25) is 0 Å². The van der Waals surface area contributed by atoms with Crippen LogP contribution in [-0.2, 0) is 11.2 Å². The Balaban J connectivity index is 2.85. The van der Waals surface area contributed by atoms with Crippen LogP contribution in [0.4, 0.5) is 4.39 Å². The third-order valence-corrected chi connectivity index (χ3v) is 3.90. The summed E-state index contributed by atoms with van der Waals surface area (Å²) in [4.78, 5) is 0. The highest BCUT2D eigenvalue weighted by Gasteiger charge is 2.31. The van der Waals surface area contributed by atoms with E-state index in [1.165, 1.54) is 6.07 Å². The zero-order valence-corrected chi connectivity index (χ0v) is 12.8. The normalized spacial score (nSPS) is 16.3. The molecular formula is C14H21BrFNO. The zero-order valence-electron chi connectivity index (χ0n) is 11.2. The minimum atomic E-state index is -0.413. The van der Waals surface area contributed by atoms with E-state index in [1.54, 1.807) is 12.1 Å². The van der Waals surface area contributed by atoms with Crippen molar-refractivity contribution in [2.75, 3.05) is 6.61 Å². The maximum absolute atomic E-state index is 13.7. The lowest BCUT2D eigenvalue weighted by molar-refractivity contribution is -0.0462. The number of benzene rings is 1. The molecule has 0 aromatic heterocycles. The molecule has 0 bridgehead atoms. The van der Waals surface area contributed by atoms with Crippen molar-refractivity contribution in [1.29, 1.82) is 0 Å². The lowest BCUT2D eigenvalue weighted by Crippen LogP contribution is -2.48. The highest BCUT2D eigenvalue weighted by Crippen LogP contribution is 2.24. The van der Waals surface area contributed by atoms with Crippen LogP contribution in [0.1, 0.15) is 32.8 Å². The first-order valence-corrected chi connectivity index (χ1v) is 7.05. The van der Waals surface area contributed by atoms with Crippen LogP contribution in [-0.4, -0.2) is 18.2 Å². The number of hydrogen-bond acceptors (Lipinski definition) is 2.